The van der Waals surface area contributed by atoms with Gasteiger partial charge in [0.15, 0.2) is 0 Å². The Bertz CT molecular complexity index is 1330. The van der Waals surface area contributed by atoms with E-state index in [4.69, 9.17) is 9.72 Å². The number of carbonyl (C=O) groups excluding carboxylic acids is 1. The van der Waals surface area contributed by atoms with Crippen LogP contribution in [0.5, 0.6) is 5.75 Å². The third-order valence-electron chi connectivity index (χ3n) is 6.31. The molecule has 6 nitrogen and oxygen atoms in total. The van der Waals surface area contributed by atoms with Crippen LogP contribution < -0.4 is 10.1 Å². The van der Waals surface area contributed by atoms with E-state index in [0.29, 0.717) is 29.5 Å². The molecule has 3 aromatic carbocycles. The standard InChI is InChI=1S/C29H29N3O3/c33-23(19-32-26-17-9-8-16-25(26)31-28(32)21-11-3-1-4-12-21)20-35-27-18-10-7-15-24(27)29(34)30-22-13-5-2-6-14-22/h1-3,5-10,13-18,21,23,33H,4,11-12,19-20H2,(H,30,34). The monoisotopic (exact) mass is 467 g/mol. The largest absolute Gasteiger partial charge is 0.490 e. The van der Waals surface area contributed by atoms with Crippen molar-refractivity contribution in [3.8, 4) is 5.75 Å². The predicted octanol–water partition coefficient (Wildman–Crippen LogP) is 5.55. The lowest BCUT2D eigenvalue weighted by Crippen LogP contribution is -2.26. The number of carbonyl (C=O) groups is 1. The molecule has 1 amide bonds. The Balaban J connectivity index is 1.30. The highest BCUT2D eigenvalue weighted by Crippen LogP contribution is 2.31. The number of amides is 1. The first kappa shape index (κ1) is 22.9. The minimum absolute atomic E-state index is 0.0617. The molecule has 2 unspecified atom stereocenters. The highest BCUT2D eigenvalue weighted by Gasteiger charge is 2.22. The van der Waals surface area contributed by atoms with E-state index in [9.17, 15) is 9.90 Å². The predicted molar refractivity (Wildman–Crippen MR) is 138 cm³/mol. The molecule has 4 aromatic rings. The van der Waals surface area contributed by atoms with Gasteiger partial charge in [0.1, 0.15) is 24.3 Å². The number of aliphatic hydroxyl groups excluding tert-OH is 1. The maximum Gasteiger partial charge on any atom is 0.259 e. The van der Waals surface area contributed by atoms with Crippen molar-refractivity contribution < 1.29 is 14.6 Å². The van der Waals surface area contributed by atoms with Crippen molar-refractivity contribution in [2.45, 2.75) is 37.8 Å². The van der Waals surface area contributed by atoms with Gasteiger partial charge in [0.05, 0.1) is 23.1 Å². The number of nitrogens with one attached hydrogen (secondary N) is 1. The van der Waals surface area contributed by atoms with Gasteiger partial charge in [-0.1, -0.05) is 54.6 Å². The molecule has 178 valence electrons. The van der Waals surface area contributed by atoms with Gasteiger partial charge in [-0.25, -0.2) is 4.98 Å². The molecule has 2 atom stereocenters. The van der Waals surface area contributed by atoms with E-state index in [1.807, 2.05) is 60.7 Å². The van der Waals surface area contributed by atoms with Gasteiger partial charge in [-0.15, -0.1) is 0 Å². The second kappa shape index (κ2) is 10.6. The van der Waals surface area contributed by atoms with E-state index in [0.717, 1.165) is 36.1 Å². The van der Waals surface area contributed by atoms with Gasteiger partial charge in [-0.3, -0.25) is 4.79 Å². The Morgan fingerprint density at radius 3 is 2.63 bits per heavy atom. The summed E-state index contributed by atoms with van der Waals surface area (Å²) in [5.74, 6) is 1.53. The highest BCUT2D eigenvalue weighted by molar-refractivity contribution is 6.06. The summed E-state index contributed by atoms with van der Waals surface area (Å²) in [6.45, 7) is 0.431. The first-order valence-corrected chi connectivity index (χ1v) is 12.1. The summed E-state index contributed by atoms with van der Waals surface area (Å²) in [6, 6.07) is 24.4. The molecule has 0 saturated heterocycles. The minimum Gasteiger partial charge on any atom is -0.490 e. The number of para-hydroxylation sites is 4. The number of rotatable bonds is 8. The van der Waals surface area contributed by atoms with Crippen LogP contribution in [0.2, 0.25) is 0 Å². The van der Waals surface area contributed by atoms with Crippen molar-refractivity contribution >= 4 is 22.6 Å². The third-order valence-corrected chi connectivity index (χ3v) is 6.31. The minimum atomic E-state index is -0.768. The molecule has 0 aliphatic heterocycles. The van der Waals surface area contributed by atoms with Gasteiger partial charge in [0.2, 0.25) is 0 Å². The molecule has 2 N–H and O–H groups in total. The van der Waals surface area contributed by atoms with Gasteiger partial charge in [-0.2, -0.15) is 0 Å². The van der Waals surface area contributed by atoms with Crippen molar-refractivity contribution in [2.75, 3.05) is 11.9 Å². The number of aromatic nitrogens is 2. The maximum absolute atomic E-state index is 12.8. The molecule has 35 heavy (non-hydrogen) atoms. The van der Waals surface area contributed by atoms with E-state index in [1.54, 1.807) is 18.2 Å². The molecule has 5 rings (SSSR count). The van der Waals surface area contributed by atoms with Crippen LogP contribution >= 0.6 is 0 Å². The van der Waals surface area contributed by atoms with Crippen LogP contribution in [0.4, 0.5) is 5.69 Å². The Kier molecular flexibility index (Phi) is 6.91. The average Bonchev–Trinajstić information content (AvgIpc) is 3.27. The van der Waals surface area contributed by atoms with Gasteiger partial charge in [-0.05, 0) is 55.7 Å². The number of benzene rings is 3. The van der Waals surface area contributed by atoms with Crippen LogP contribution in [0.1, 0.15) is 41.4 Å². The van der Waals surface area contributed by atoms with Gasteiger partial charge in [0.25, 0.3) is 5.91 Å². The van der Waals surface area contributed by atoms with Gasteiger partial charge < -0.3 is 19.7 Å². The summed E-state index contributed by atoms with van der Waals surface area (Å²) in [5.41, 5.74) is 3.09. The molecule has 0 bridgehead atoms. The molecular formula is C29H29N3O3. The number of nitrogens with zero attached hydrogens (tertiary/aromatic N) is 2. The fraction of sp³-hybridized carbons (Fsp3) is 0.241. The number of fused-ring (bicyclic) bond motifs is 1. The summed E-state index contributed by atoms with van der Waals surface area (Å²) >= 11 is 0. The topological polar surface area (TPSA) is 76.4 Å². The molecule has 6 heteroatoms. The van der Waals surface area contributed by atoms with Crippen molar-refractivity contribution in [3.63, 3.8) is 0 Å². The molecule has 0 fully saturated rings. The third kappa shape index (κ3) is 5.28. The molecule has 0 spiro atoms. The van der Waals surface area contributed by atoms with Gasteiger partial charge in [0, 0.05) is 11.6 Å². The molecule has 0 radical (unpaired) electrons. The molecule has 0 saturated carbocycles. The van der Waals surface area contributed by atoms with Crippen molar-refractivity contribution in [3.05, 3.63) is 102 Å². The molecular weight excluding hydrogens is 438 g/mol. The van der Waals surface area contributed by atoms with E-state index < -0.39 is 6.10 Å². The van der Waals surface area contributed by atoms with E-state index in [1.165, 1.54) is 0 Å². The highest BCUT2D eigenvalue weighted by atomic mass is 16.5. The van der Waals surface area contributed by atoms with Crippen molar-refractivity contribution in [2.24, 2.45) is 0 Å². The van der Waals surface area contributed by atoms with Crippen molar-refractivity contribution in [1.82, 2.24) is 9.55 Å². The Labute approximate surface area is 204 Å². The number of hydrogen-bond donors (Lipinski definition) is 2. The first-order valence-electron chi connectivity index (χ1n) is 12.1. The number of aliphatic hydroxyl groups is 1. The summed E-state index contributed by atoms with van der Waals surface area (Å²) < 4.78 is 8.07. The second-order valence-electron chi connectivity index (χ2n) is 8.83. The fourth-order valence-electron chi connectivity index (χ4n) is 4.58. The Morgan fingerprint density at radius 2 is 1.80 bits per heavy atom. The Hall–Kier alpha value is -3.90. The van der Waals surface area contributed by atoms with Crippen LogP contribution in [-0.4, -0.2) is 33.3 Å². The van der Waals surface area contributed by atoms with Crippen LogP contribution in [0.15, 0.2) is 91.0 Å². The number of imidazole rings is 1. The Morgan fingerprint density at radius 1 is 1.03 bits per heavy atom. The lowest BCUT2D eigenvalue weighted by molar-refractivity contribution is 0.0898. The normalized spacial score (nSPS) is 16.2. The summed E-state index contributed by atoms with van der Waals surface area (Å²) in [4.78, 5) is 17.7. The summed E-state index contributed by atoms with van der Waals surface area (Å²) in [7, 11) is 0. The zero-order chi connectivity index (χ0) is 24.0. The molecule has 1 aliphatic carbocycles. The van der Waals surface area contributed by atoms with Crippen LogP contribution in [-0.2, 0) is 6.54 Å². The van der Waals surface area contributed by atoms with Crippen LogP contribution in [0, 0.1) is 0 Å². The lowest BCUT2D eigenvalue weighted by Gasteiger charge is -2.21. The van der Waals surface area contributed by atoms with Crippen LogP contribution in [0.3, 0.4) is 0 Å². The number of ether oxygens (including phenoxy) is 1. The molecule has 1 heterocycles. The van der Waals surface area contributed by atoms with E-state index >= 15 is 0 Å². The average molecular weight is 468 g/mol. The summed E-state index contributed by atoms with van der Waals surface area (Å²) in [5, 5.41) is 13.8. The smallest absolute Gasteiger partial charge is 0.259 e. The van der Waals surface area contributed by atoms with E-state index in [-0.39, 0.29) is 12.5 Å². The second-order valence-corrected chi connectivity index (χ2v) is 8.83. The molecule has 1 aromatic heterocycles. The lowest BCUT2D eigenvalue weighted by atomic mass is 9.93. The zero-order valence-electron chi connectivity index (χ0n) is 19.5. The SMILES string of the molecule is O=C(Nc1ccccc1)c1ccccc1OCC(O)Cn1c(C2CC=CCC2)nc2ccccc21. The number of anilines is 1. The van der Waals surface area contributed by atoms with Crippen LogP contribution in [0.25, 0.3) is 11.0 Å². The number of allylic oxidation sites excluding steroid dienone is 2. The first-order chi connectivity index (χ1) is 17.2. The van der Waals surface area contributed by atoms with Gasteiger partial charge >= 0.3 is 0 Å². The quantitative estimate of drug-likeness (QED) is 0.333. The zero-order valence-corrected chi connectivity index (χ0v) is 19.5. The van der Waals surface area contributed by atoms with Crippen molar-refractivity contribution in [1.29, 1.82) is 0 Å². The maximum atomic E-state index is 12.8. The van der Waals surface area contributed by atoms with E-state index in [2.05, 4.69) is 22.0 Å². The fourth-order valence-corrected chi connectivity index (χ4v) is 4.58. The molecule has 1 aliphatic rings. The number of hydrogen-bond acceptors (Lipinski definition) is 4. The summed E-state index contributed by atoms with van der Waals surface area (Å²) in [6.07, 6.45) is 6.72.